The molecule has 6 nitrogen and oxygen atoms in total. The van der Waals surface area contributed by atoms with E-state index in [-0.39, 0.29) is 0 Å². The van der Waals surface area contributed by atoms with Gasteiger partial charge in [0.25, 0.3) is 0 Å². The van der Waals surface area contributed by atoms with Gasteiger partial charge in [-0.25, -0.2) is 4.98 Å². The number of hydrogen-bond donors (Lipinski definition) is 1. The second kappa shape index (κ2) is 4.20. The van der Waals surface area contributed by atoms with E-state index >= 15 is 0 Å². The first-order valence-corrected chi connectivity index (χ1v) is 5.89. The maximum Gasteiger partial charge on any atom is 0.224 e. The molecule has 0 saturated heterocycles. The zero-order chi connectivity index (χ0) is 11.7. The summed E-state index contributed by atoms with van der Waals surface area (Å²) in [5.74, 6) is 2.75. The second-order valence-corrected chi connectivity index (χ2v) is 4.26. The molecule has 6 heteroatoms. The fourth-order valence-electron chi connectivity index (χ4n) is 2.09. The lowest BCUT2D eigenvalue weighted by Gasteiger charge is -2.14. The Bertz CT molecular complexity index is 516. The van der Waals surface area contributed by atoms with Gasteiger partial charge in [0.1, 0.15) is 11.6 Å². The summed E-state index contributed by atoms with van der Waals surface area (Å²) in [6.07, 6.45) is 4.89. The SMILES string of the molecule is Cc1ncoc1CNc1nnc2n1CCCC2. The average Bonchev–Trinajstić information content (AvgIpc) is 2.93. The van der Waals surface area contributed by atoms with Crippen molar-refractivity contribution in [2.45, 2.75) is 39.3 Å². The first-order valence-electron chi connectivity index (χ1n) is 5.89. The summed E-state index contributed by atoms with van der Waals surface area (Å²) in [7, 11) is 0. The van der Waals surface area contributed by atoms with Crippen molar-refractivity contribution in [2.24, 2.45) is 0 Å². The molecule has 1 N–H and O–H groups in total. The van der Waals surface area contributed by atoms with E-state index in [4.69, 9.17) is 4.42 Å². The van der Waals surface area contributed by atoms with Gasteiger partial charge in [-0.1, -0.05) is 0 Å². The highest BCUT2D eigenvalue weighted by Crippen LogP contribution is 2.18. The molecule has 1 aliphatic heterocycles. The summed E-state index contributed by atoms with van der Waals surface area (Å²) in [5, 5.41) is 11.6. The highest BCUT2D eigenvalue weighted by molar-refractivity contribution is 5.28. The van der Waals surface area contributed by atoms with Crippen molar-refractivity contribution < 1.29 is 4.42 Å². The lowest BCUT2D eigenvalue weighted by Crippen LogP contribution is -2.14. The van der Waals surface area contributed by atoms with Crippen LogP contribution in [0.2, 0.25) is 0 Å². The molecule has 0 spiro atoms. The van der Waals surface area contributed by atoms with Crippen LogP contribution < -0.4 is 5.32 Å². The molecule has 90 valence electrons. The van der Waals surface area contributed by atoms with Gasteiger partial charge in [0, 0.05) is 13.0 Å². The largest absolute Gasteiger partial charge is 0.446 e. The molecule has 0 aromatic carbocycles. The molecule has 2 aromatic heterocycles. The average molecular weight is 233 g/mol. The summed E-state index contributed by atoms with van der Waals surface area (Å²) in [6.45, 7) is 3.53. The number of rotatable bonds is 3. The molecule has 0 aliphatic carbocycles. The van der Waals surface area contributed by atoms with Gasteiger partial charge >= 0.3 is 0 Å². The number of hydrogen-bond acceptors (Lipinski definition) is 5. The molecule has 0 saturated carbocycles. The van der Waals surface area contributed by atoms with Gasteiger partial charge in [-0.2, -0.15) is 0 Å². The summed E-state index contributed by atoms with van der Waals surface area (Å²) in [4.78, 5) is 4.05. The Balaban J connectivity index is 1.73. The summed E-state index contributed by atoms with van der Waals surface area (Å²) < 4.78 is 7.42. The maximum absolute atomic E-state index is 5.28. The Hall–Kier alpha value is -1.85. The molecular weight excluding hydrogens is 218 g/mol. The molecule has 17 heavy (non-hydrogen) atoms. The van der Waals surface area contributed by atoms with Crippen molar-refractivity contribution in [1.82, 2.24) is 19.7 Å². The molecule has 2 aromatic rings. The Morgan fingerprint density at radius 1 is 1.41 bits per heavy atom. The Kier molecular flexibility index (Phi) is 2.55. The number of oxazole rings is 1. The van der Waals surface area contributed by atoms with E-state index in [1.54, 1.807) is 0 Å². The number of nitrogens with one attached hydrogen (secondary N) is 1. The first kappa shape index (κ1) is 10.3. The molecule has 3 heterocycles. The highest BCUT2D eigenvalue weighted by atomic mass is 16.3. The molecule has 0 fully saturated rings. The summed E-state index contributed by atoms with van der Waals surface area (Å²) in [5.41, 5.74) is 0.913. The van der Waals surface area contributed by atoms with Crippen molar-refractivity contribution in [3.8, 4) is 0 Å². The van der Waals surface area contributed by atoms with Crippen molar-refractivity contribution in [3.05, 3.63) is 23.7 Å². The molecule has 0 radical (unpaired) electrons. The standard InChI is InChI=1S/C11H15N5O/c1-8-9(17-7-13-8)6-12-11-15-14-10-4-2-3-5-16(10)11/h7H,2-6H2,1H3,(H,12,15). The molecule has 0 amide bonds. The van der Waals surface area contributed by atoms with Crippen LogP contribution in [0.4, 0.5) is 5.95 Å². The van der Waals surface area contributed by atoms with Gasteiger partial charge in [-0.05, 0) is 19.8 Å². The van der Waals surface area contributed by atoms with Crippen LogP contribution in [-0.2, 0) is 19.5 Å². The van der Waals surface area contributed by atoms with E-state index in [1.807, 2.05) is 6.92 Å². The molecule has 0 unspecified atom stereocenters. The van der Waals surface area contributed by atoms with Crippen LogP contribution in [0.3, 0.4) is 0 Å². The van der Waals surface area contributed by atoms with E-state index < -0.39 is 0 Å². The van der Waals surface area contributed by atoms with Crippen molar-refractivity contribution in [3.63, 3.8) is 0 Å². The van der Waals surface area contributed by atoms with E-state index in [0.717, 1.165) is 36.2 Å². The van der Waals surface area contributed by atoms with Crippen molar-refractivity contribution >= 4 is 5.95 Å². The smallest absolute Gasteiger partial charge is 0.224 e. The lowest BCUT2D eigenvalue weighted by atomic mass is 10.2. The number of anilines is 1. The molecule has 0 atom stereocenters. The van der Waals surface area contributed by atoms with E-state index in [0.29, 0.717) is 6.54 Å². The lowest BCUT2D eigenvalue weighted by molar-refractivity contribution is 0.504. The number of fused-ring (bicyclic) bond motifs is 1. The molecule has 1 aliphatic rings. The first-order chi connectivity index (χ1) is 8.34. The van der Waals surface area contributed by atoms with Crippen LogP contribution in [-0.4, -0.2) is 19.7 Å². The second-order valence-electron chi connectivity index (χ2n) is 4.26. The van der Waals surface area contributed by atoms with E-state index in [9.17, 15) is 0 Å². The normalized spacial score (nSPS) is 14.6. The Morgan fingerprint density at radius 3 is 3.18 bits per heavy atom. The molecule has 3 rings (SSSR count). The third-order valence-corrected chi connectivity index (χ3v) is 3.11. The summed E-state index contributed by atoms with van der Waals surface area (Å²) >= 11 is 0. The van der Waals surface area contributed by atoms with Crippen LogP contribution in [0.5, 0.6) is 0 Å². The minimum Gasteiger partial charge on any atom is -0.446 e. The van der Waals surface area contributed by atoms with Gasteiger partial charge in [-0.15, -0.1) is 10.2 Å². The van der Waals surface area contributed by atoms with Crippen LogP contribution in [0.1, 0.15) is 30.1 Å². The van der Waals surface area contributed by atoms with Crippen LogP contribution in [0.15, 0.2) is 10.8 Å². The Labute approximate surface area is 99.1 Å². The number of aromatic nitrogens is 4. The molecular formula is C11H15N5O. The Morgan fingerprint density at radius 2 is 2.35 bits per heavy atom. The van der Waals surface area contributed by atoms with Gasteiger partial charge < -0.3 is 9.73 Å². The zero-order valence-corrected chi connectivity index (χ0v) is 9.81. The monoisotopic (exact) mass is 233 g/mol. The van der Waals surface area contributed by atoms with E-state index in [1.165, 1.54) is 19.2 Å². The summed E-state index contributed by atoms with van der Waals surface area (Å²) in [6, 6.07) is 0. The fraction of sp³-hybridized carbons (Fsp3) is 0.545. The van der Waals surface area contributed by atoms with Crippen LogP contribution >= 0.6 is 0 Å². The van der Waals surface area contributed by atoms with Gasteiger partial charge in [0.15, 0.2) is 6.39 Å². The third-order valence-electron chi connectivity index (χ3n) is 3.11. The topological polar surface area (TPSA) is 68.8 Å². The van der Waals surface area contributed by atoms with Crippen LogP contribution in [0, 0.1) is 6.92 Å². The minimum atomic E-state index is 0.601. The predicted molar refractivity (Wildman–Crippen MR) is 61.5 cm³/mol. The maximum atomic E-state index is 5.28. The van der Waals surface area contributed by atoms with Crippen molar-refractivity contribution in [2.75, 3.05) is 5.32 Å². The minimum absolute atomic E-state index is 0.601. The van der Waals surface area contributed by atoms with Gasteiger partial charge in [-0.3, -0.25) is 4.57 Å². The van der Waals surface area contributed by atoms with E-state index in [2.05, 4.69) is 25.1 Å². The van der Waals surface area contributed by atoms with Gasteiger partial charge in [0.05, 0.1) is 12.2 Å². The highest BCUT2D eigenvalue weighted by Gasteiger charge is 2.15. The van der Waals surface area contributed by atoms with Crippen molar-refractivity contribution in [1.29, 1.82) is 0 Å². The van der Waals surface area contributed by atoms with Crippen LogP contribution in [0.25, 0.3) is 0 Å². The number of nitrogens with zero attached hydrogens (tertiary/aromatic N) is 4. The third kappa shape index (κ3) is 1.90. The zero-order valence-electron chi connectivity index (χ0n) is 9.81. The predicted octanol–water partition coefficient (Wildman–Crippen LogP) is 1.52. The molecule has 0 bridgehead atoms. The fourth-order valence-corrected chi connectivity index (χ4v) is 2.09. The number of aryl methyl sites for hydroxylation is 2. The van der Waals surface area contributed by atoms with Gasteiger partial charge in [0.2, 0.25) is 5.95 Å². The quantitative estimate of drug-likeness (QED) is 0.870.